The van der Waals surface area contributed by atoms with E-state index in [1.807, 2.05) is 79.7 Å². The molecule has 5 nitrogen and oxygen atoms in total. The first-order valence-electron chi connectivity index (χ1n) is 9.68. The van der Waals surface area contributed by atoms with Crippen molar-refractivity contribution in [1.82, 2.24) is 4.90 Å². The second-order valence-electron chi connectivity index (χ2n) is 7.46. The molecule has 0 aromatic heterocycles. The van der Waals surface area contributed by atoms with E-state index in [0.29, 0.717) is 12.3 Å². The van der Waals surface area contributed by atoms with Crippen LogP contribution in [0.2, 0.25) is 0 Å². The fourth-order valence-electron chi connectivity index (χ4n) is 3.92. The second-order valence-corrected chi connectivity index (χ2v) is 8.56. The smallest absolute Gasteiger partial charge is 0.319 e. The van der Waals surface area contributed by atoms with Gasteiger partial charge in [0.2, 0.25) is 5.91 Å². The average Bonchev–Trinajstić information content (AvgIpc) is 2.78. The molecule has 0 radical (unpaired) electrons. The molecular formula is C23H24N2O3S. The van der Waals surface area contributed by atoms with Gasteiger partial charge < -0.3 is 15.4 Å². The Morgan fingerprint density at radius 2 is 1.76 bits per heavy atom. The minimum Gasteiger partial charge on any atom is -0.452 e. The van der Waals surface area contributed by atoms with Crippen LogP contribution >= 0.6 is 11.8 Å². The number of carbonyl (C=O) groups is 2. The van der Waals surface area contributed by atoms with Gasteiger partial charge in [-0.2, -0.15) is 0 Å². The van der Waals surface area contributed by atoms with Crippen molar-refractivity contribution in [2.75, 3.05) is 12.3 Å². The summed E-state index contributed by atoms with van der Waals surface area (Å²) in [5.41, 5.74) is 6.84. The molecule has 0 aliphatic carbocycles. The number of esters is 1. The Morgan fingerprint density at radius 1 is 1.17 bits per heavy atom. The Hall–Kier alpha value is -2.57. The molecule has 2 N–H and O–H groups in total. The first-order chi connectivity index (χ1) is 14.1. The number of amides is 1. The highest BCUT2D eigenvalue weighted by atomic mass is 32.2. The molecule has 2 fully saturated rings. The van der Waals surface area contributed by atoms with E-state index >= 15 is 0 Å². The summed E-state index contributed by atoms with van der Waals surface area (Å²) in [4.78, 5) is 27.4. The van der Waals surface area contributed by atoms with Gasteiger partial charge >= 0.3 is 5.97 Å². The van der Waals surface area contributed by atoms with Crippen molar-refractivity contribution >= 4 is 23.6 Å². The van der Waals surface area contributed by atoms with Crippen molar-refractivity contribution in [3.8, 4) is 0 Å². The van der Waals surface area contributed by atoms with Crippen LogP contribution in [0.25, 0.3) is 0 Å². The Kier molecular flexibility index (Phi) is 5.48. The van der Waals surface area contributed by atoms with E-state index in [-0.39, 0.29) is 17.3 Å². The van der Waals surface area contributed by atoms with Crippen molar-refractivity contribution in [1.29, 1.82) is 0 Å². The van der Waals surface area contributed by atoms with Crippen molar-refractivity contribution in [3.63, 3.8) is 0 Å². The molecule has 2 aliphatic heterocycles. The molecule has 1 amide bonds. The van der Waals surface area contributed by atoms with Crippen LogP contribution in [0.1, 0.15) is 24.2 Å². The van der Waals surface area contributed by atoms with E-state index in [1.54, 1.807) is 16.7 Å². The summed E-state index contributed by atoms with van der Waals surface area (Å²) in [6.45, 7) is 2.18. The minimum absolute atomic E-state index is 0.0484. The van der Waals surface area contributed by atoms with Crippen LogP contribution in [-0.2, 0) is 14.3 Å². The highest BCUT2D eigenvalue weighted by Gasteiger charge is 2.55. The summed E-state index contributed by atoms with van der Waals surface area (Å²) in [5, 5.41) is -0.0484. The van der Waals surface area contributed by atoms with Gasteiger partial charge in [-0.05, 0) is 18.1 Å². The summed E-state index contributed by atoms with van der Waals surface area (Å²) >= 11 is 1.55. The summed E-state index contributed by atoms with van der Waals surface area (Å²) in [6.07, 6.45) is 3.21. The largest absolute Gasteiger partial charge is 0.452 e. The molecule has 2 aromatic carbocycles. The Labute approximate surface area is 174 Å². The lowest BCUT2D eigenvalue weighted by atomic mass is 9.86. The normalized spacial score (nSPS) is 26.3. The fraction of sp³-hybridized carbons (Fsp3) is 0.304. The predicted octanol–water partition coefficient (Wildman–Crippen LogP) is 3.12. The zero-order chi connectivity index (χ0) is 20.4. The van der Waals surface area contributed by atoms with Crippen LogP contribution < -0.4 is 5.73 Å². The molecular weight excluding hydrogens is 384 g/mol. The third-order valence-electron chi connectivity index (χ3n) is 5.47. The zero-order valence-electron chi connectivity index (χ0n) is 16.2. The molecule has 29 heavy (non-hydrogen) atoms. The van der Waals surface area contributed by atoms with E-state index in [4.69, 9.17) is 10.5 Å². The number of ether oxygens (including phenoxy) is 1. The molecule has 2 saturated heterocycles. The highest BCUT2D eigenvalue weighted by Crippen LogP contribution is 2.43. The average molecular weight is 409 g/mol. The Balaban J connectivity index is 1.63. The monoisotopic (exact) mass is 408 g/mol. The lowest BCUT2D eigenvalue weighted by Gasteiger charge is -2.52. The Bertz CT molecular complexity index is 879. The topological polar surface area (TPSA) is 72.6 Å². The van der Waals surface area contributed by atoms with E-state index in [9.17, 15) is 9.59 Å². The number of hydrogen-bond donors (Lipinski definition) is 1. The number of benzene rings is 2. The van der Waals surface area contributed by atoms with Crippen LogP contribution in [0, 0.1) is 5.41 Å². The molecule has 2 aromatic rings. The standard InChI is InChI=1S/C23H24N2O3S/c1-2-13-23(14-25-20(26)18(24)21(25)29-15-23)22(27)28-19(16-9-5-3-6-10-16)17-11-7-4-8-12-17/h2-13,18-19,21H,14-15,24H2,1H3/t18?,21-,23?/m1/s1. The molecule has 2 heterocycles. The SMILES string of the molecule is CC=CC1(C(=O)OC(c2ccccc2)c2ccccc2)CS[C@@H]2C(N)C(=O)N2C1. The lowest BCUT2D eigenvalue weighted by Crippen LogP contribution is -2.72. The van der Waals surface area contributed by atoms with Gasteiger partial charge in [-0.1, -0.05) is 72.8 Å². The van der Waals surface area contributed by atoms with Crippen molar-refractivity contribution < 1.29 is 14.3 Å². The van der Waals surface area contributed by atoms with Gasteiger partial charge in [0, 0.05) is 12.3 Å². The number of hydrogen-bond acceptors (Lipinski definition) is 5. The maximum Gasteiger partial charge on any atom is 0.319 e. The number of thioether (sulfide) groups is 1. The molecule has 2 aliphatic rings. The minimum atomic E-state index is -0.881. The van der Waals surface area contributed by atoms with Gasteiger partial charge in [0.05, 0.1) is 0 Å². The van der Waals surface area contributed by atoms with Crippen LogP contribution in [0.3, 0.4) is 0 Å². The lowest BCUT2D eigenvalue weighted by molar-refractivity contribution is -0.161. The van der Waals surface area contributed by atoms with Crippen molar-refractivity contribution in [2.45, 2.75) is 24.4 Å². The van der Waals surface area contributed by atoms with Gasteiger partial charge in [-0.25, -0.2) is 0 Å². The first kappa shape index (κ1) is 19.7. The van der Waals surface area contributed by atoms with Crippen LogP contribution in [0.5, 0.6) is 0 Å². The van der Waals surface area contributed by atoms with Crippen molar-refractivity contribution in [2.24, 2.45) is 11.1 Å². The number of carbonyl (C=O) groups excluding carboxylic acids is 2. The highest BCUT2D eigenvalue weighted by molar-refractivity contribution is 8.00. The molecule has 2 unspecified atom stereocenters. The molecule has 4 rings (SSSR count). The van der Waals surface area contributed by atoms with Crippen LogP contribution in [0.15, 0.2) is 72.8 Å². The summed E-state index contributed by atoms with van der Waals surface area (Å²) < 4.78 is 6.12. The summed E-state index contributed by atoms with van der Waals surface area (Å²) in [6, 6.07) is 19.0. The summed E-state index contributed by atoms with van der Waals surface area (Å²) in [7, 11) is 0. The van der Waals surface area contributed by atoms with Gasteiger partial charge in [0.15, 0.2) is 6.10 Å². The second kappa shape index (κ2) is 8.05. The zero-order valence-corrected chi connectivity index (χ0v) is 17.0. The Morgan fingerprint density at radius 3 is 2.31 bits per heavy atom. The fourth-order valence-corrected chi connectivity index (χ4v) is 5.37. The van der Waals surface area contributed by atoms with E-state index < -0.39 is 17.6 Å². The number of β-lactam (4-membered cyclic amide) rings is 1. The van der Waals surface area contributed by atoms with E-state index in [0.717, 1.165) is 11.1 Å². The van der Waals surface area contributed by atoms with E-state index in [2.05, 4.69) is 0 Å². The van der Waals surface area contributed by atoms with Gasteiger partial charge in [-0.3, -0.25) is 9.59 Å². The van der Waals surface area contributed by atoms with Gasteiger partial charge in [0.25, 0.3) is 0 Å². The number of fused-ring (bicyclic) bond motifs is 1. The van der Waals surface area contributed by atoms with Gasteiger partial charge in [0.1, 0.15) is 16.8 Å². The number of nitrogens with two attached hydrogens (primary N) is 1. The molecule has 6 heteroatoms. The molecule has 0 spiro atoms. The van der Waals surface area contributed by atoms with Crippen LogP contribution in [-0.4, -0.2) is 40.5 Å². The number of allylic oxidation sites excluding steroid dienone is 1. The predicted molar refractivity (Wildman–Crippen MR) is 114 cm³/mol. The van der Waals surface area contributed by atoms with Crippen molar-refractivity contribution in [3.05, 3.63) is 83.9 Å². The maximum absolute atomic E-state index is 13.5. The van der Waals surface area contributed by atoms with Crippen LogP contribution in [0.4, 0.5) is 0 Å². The third-order valence-corrected chi connectivity index (χ3v) is 7.04. The number of nitrogens with zero attached hydrogens (tertiary/aromatic N) is 1. The first-order valence-corrected chi connectivity index (χ1v) is 10.7. The molecule has 0 saturated carbocycles. The molecule has 0 bridgehead atoms. The van der Waals surface area contributed by atoms with E-state index in [1.165, 1.54) is 0 Å². The van der Waals surface area contributed by atoms with Gasteiger partial charge in [-0.15, -0.1) is 11.8 Å². The quantitative estimate of drug-likeness (QED) is 0.468. The molecule has 150 valence electrons. The third kappa shape index (κ3) is 3.58. The molecule has 3 atom stereocenters. The maximum atomic E-state index is 13.5. The number of rotatable bonds is 5. The summed E-state index contributed by atoms with van der Waals surface area (Å²) in [5.74, 6) is 0.105.